The number of aliphatic hydroxyl groups excluding tert-OH is 1. The van der Waals surface area contributed by atoms with E-state index < -0.39 is 10.0 Å². The lowest BCUT2D eigenvalue weighted by Gasteiger charge is -2.31. The summed E-state index contributed by atoms with van der Waals surface area (Å²) in [5, 5.41) is 9.14. The van der Waals surface area contributed by atoms with E-state index in [1.54, 1.807) is 6.07 Å². The zero-order chi connectivity index (χ0) is 16.4. The van der Waals surface area contributed by atoms with Gasteiger partial charge >= 0.3 is 0 Å². The van der Waals surface area contributed by atoms with Crippen LogP contribution in [-0.4, -0.2) is 26.2 Å². The second-order valence-corrected chi connectivity index (χ2v) is 8.22. The molecular formula is C15H26N2O3S. The number of hydrogen-bond donors (Lipinski definition) is 3. The van der Waals surface area contributed by atoms with Gasteiger partial charge in [0.2, 0.25) is 10.0 Å². The monoisotopic (exact) mass is 314 g/mol. The summed E-state index contributed by atoms with van der Waals surface area (Å²) in [6.07, 6.45) is 0.364. The predicted octanol–water partition coefficient (Wildman–Crippen LogP) is 1.96. The Morgan fingerprint density at radius 2 is 1.86 bits per heavy atom. The van der Waals surface area contributed by atoms with Crippen LogP contribution in [0.2, 0.25) is 0 Å². The Labute approximate surface area is 127 Å². The Morgan fingerprint density at radius 3 is 2.29 bits per heavy atom. The summed E-state index contributed by atoms with van der Waals surface area (Å²) in [6, 6.07) is 2.74. The van der Waals surface area contributed by atoms with Crippen molar-refractivity contribution in [3.05, 3.63) is 23.3 Å². The van der Waals surface area contributed by atoms with E-state index >= 15 is 0 Å². The van der Waals surface area contributed by atoms with Gasteiger partial charge in [-0.15, -0.1) is 0 Å². The van der Waals surface area contributed by atoms with E-state index in [4.69, 9.17) is 10.8 Å². The van der Waals surface area contributed by atoms with Crippen LogP contribution in [0.5, 0.6) is 0 Å². The zero-order valence-electron chi connectivity index (χ0n) is 13.4. The van der Waals surface area contributed by atoms with Crippen molar-refractivity contribution in [2.45, 2.75) is 52.0 Å². The number of nitrogen functional groups attached to an aromatic ring is 1. The summed E-state index contributed by atoms with van der Waals surface area (Å²) in [4.78, 5) is 0.162. The van der Waals surface area contributed by atoms with Crippen molar-refractivity contribution in [1.29, 1.82) is 0 Å². The molecule has 0 aromatic heterocycles. The van der Waals surface area contributed by atoms with E-state index in [0.29, 0.717) is 12.1 Å². The average molecular weight is 314 g/mol. The molecule has 120 valence electrons. The molecule has 1 rings (SSSR count). The lowest BCUT2D eigenvalue weighted by Crippen LogP contribution is -2.44. The molecule has 0 saturated heterocycles. The molecule has 1 unspecified atom stereocenters. The molecular weight excluding hydrogens is 288 g/mol. The molecule has 0 aliphatic rings. The second kappa shape index (κ2) is 6.34. The van der Waals surface area contributed by atoms with E-state index in [1.165, 1.54) is 6.07 Å². The minimum atomic E-state index is -3.67. The summed E-state index contributed by atoms with van der Waals surface area (Å²) in [6.45, 7) is 9.43. The van der Waals surface area contributed by atoms with Crippen molar-refractivity contribution >= 4 is 15.7 Å². The average Bonchev–Trinajstić information content (AvgIpc) is 2.33. The molecule has 4 N–H and O–H groups in total. The van der Waals surface area contributed by atoms with Gasteiger partial charge in [-0.1, -0.05) is 20.8 Å². The molecule has 0 spiro atoms. The lowest BCUT2D eigenvalue weighted by molar-refractivity contribution is 0.214. The maximum Gasteiger partial charge on any atom is 0.240 e. The third kappa shape index (κ3) is 4.43. The predicted molar refractivity (Wildman–Crippen MR) is 85.6 cm³/mol. The van der Waals surface area contributed by atoms with Crippen molar-refractivity contribution in [2.24, 2.45) is 5.41 Å². The highest BCUT2D eigenvalue weighted by Gasteiger charge is 2.29. The van der Waals surface area contributed by atoms with Crippen molar-refractivity contribution in [2.75, 3.05) is 12.3 Å². The number of anilines is 1. The Bertz CT molecular complexity index is 581. The Balaban J connectivity index is 3.16. The summed E-state index contributed by atoms with van der Waals surface area (Å²) in [5.74, 6) is 0. The molecule has 1 atom stereocenters. The van der Waals surface area contributed by atoms with Crippen LogP contribution >= 0.6 is 0 Å². The van der Waals surface area contributed by atoms with Gasteiger partial charge in [-0.25, -0.2) is 13.1 Å². The third-order valence-corrected chi connectivity index (χ3v) is 5.20. The maximum atomic E-state index is 12.5. The summed E-state index contributed by atoms with van der Waals surface area (Å²) in [7, 11) is -3.67. The Hall–Kier alpha value is -1.11. The molecule has 21 heavy (non-hydrogen) atoms. The quantitative estimate of drug-likeness (QED) is 0.724. The fraction of sp³-hybridized carbons (Fsp3) is 0.600. The van der Waals surface area contributed by atoms with Gasteiger partial charge in [-0.3, -0.25) is 0 Å². The number of aryl methyl sites for hydroxylation is 1. The standard InChI is InChI=1S/C15H26N2O3S/c1-10-8-12(9-13(16)11(10)2)21(19,20)17-14(6-7-18)15(3,4)5/h8-9,14,17-18H,6-7,16H2,1-5H3. The van der Waals surface area contributed by atoms with Gasteiger partial charge in [0.1, 0.15) is 0 Å². The smallest absolute Gasteiger partial charge is 0.240 e. The van der Waals surface area contributed by atoms with Crippen LogP contribution < -0.4 is 10.5 Å². The first kappa shape index (κ1) is 17.9. The lowest BCUT2D eigenvalue weighted by atomic mass is 9.86. The number of nitrogens with two attached hydrogens (primary N) is 1. The molecule has 0 fully saturated rings. The molecule has 6 heteroatoms. The highest BCUT2D eigenvalue weighted by atomic mass is 32.2. The minimum absolute atomic E-state index is 0.0699. The van der Waals surface area contributed by atoms with Gasteiger partial charge in [0, 0.05) is 18.3 Å². The van der Waals surface area contributed by atoms with Gasteiger partial charge in [0.15, 0.2) is 0 Å². The highest BCUT2D eigenvalue weighted by molar-refractivity contribution is 7.89. The van der Waals surface area contributed by atoms with Gasteiger partial charge in [-0.05, 0) is 48.9 Å². The van der Waals surface area contributed by atoms with Crippen LogP contribution in [-0.2, 0) is 10.0 Å². The molecule has 0 aliphatic heterocycles. The van der Waals surface area contributed by atoms with E-state index in [0.717, 1.165) is 11.1 Å². The van der Waals surface area contributed by atoms with E-state index in [2.05, 4.69) is 4.72 Å². The molecule has 0 aliphatic carbocycles. The van der Waals surface area contributed by atoms with Crippen molar-refractivity contribution in [1.82, 2.24) is 4.72 Å². The first-order chi connectivity index (χ1) is 9.49. The molecule has 0 radical (unpaired) electrons. The number of nitrogens with one attached hydrogen (secondary N) is 1. The Kier molecular flexibility index (Phi) is 5.41. The number of sulfonamides is 1. The van der Waals surface area contributed by atoms with Crippen LogP contribution in [0.15, 0.2) is 17.0 Å². The highest BCUT2D eigenvalue weighted by Crippen LogP contribution is 2.26. The summed E-state index contributed by atoms with van der Waals surface area (Å²) in [5.41, 5.74) is 7.76. The number of benzene rings is 1. The summed E-state index contributed by atoms with van der Waals surface area (Å²) >= 11 is 0. The maximum absolute atomic E-state index is 12.5. The molecule has 5 nitrogen and oxygen atoms in total. The van der Waals surface area contributed by atoms with Gasteiger partial charge in [0.25, 0.3) is 0 Å². The van der Waals surface area contributed by atoms with E-state index in [1.807, 2.05) is 34.6 Å². The van der Waals surface area contributed by atoms with Crippen LogP contribution in [0.25, 0.3) is 0 Å². The topological polar surface area (TPSA) is 92.4 Å². The molecule has 1 aromatic rings. The fourth-order valence-electron chi connectivity index (χ4n) is 2.06. The molecule has 0 bridgehead atoms. The number of hydrogen-bond acceptors (Lipinski definition) is 4. The Morgan fingerprint density at radius 1 is 1.29 bits per heavy atom. The van der Waals surface area contributed by atoms with E-state index in [9.17, 15) is 8.42 Å². The largest absolute Gasteiger partial charge is 0.398 e. The van der Waals surface area contributed by atoms with Gasteiger partial charge < -0.3 is 10.8 Å². The normalized spacial score (nSPS) is 14.2. The van der Waals surface area contributed by atoms with Crippen LogP contribution in [0.1, 0.15) is 38.3 Å². The van der Waals surface area contributed by atoms with Crippen molar-refractivity contribution in [3.8, 4) is 0 Å². The molecule has 0 amide bonds. The minimum Gasteiger partial charge on any atom is -0.398 e. The molecule has 0 saturated carbocycles. The molecule has 1 aromatic carbocycles. The van der Waals surface area contributed by atoms with Gasteiger partial charge in [0.05, 0.1) is 4.90 Å². The van der Waals surface area contributed by atoms with Crippen LogP contribution in [0.3, 0.4) is 0 Å². The SMILES string of the molecule is Cc1cc(S(=O)(=O)NC(CCO)C(C)(C)C)cc(N)c1C. The van der Waals surface area contributed by atoms with Crippen LogP contribution in [0, 0.1) is 19.3 Å². The van der Waals surface area contributed by atoms with Crippen LogP contribution in [0.4, 0.5) is 5.69 Å². The van der Waals surface area contributed by atoms with Crippen molar-refractivity contribution in [3.63, 3.8) is 0 Å². The zero-order valence-corrected chi connectivity index (χ0v) is 14.2. The fourth-order valence-corrected chi connectivity index (χ4v) is 3.66. The first-order valence-corrected chi connectivity index (χ1v) is 8.47. The second-order valence-electron chi connectivity index (χ2n) is 6.51. The van der Waals surface area contributed by atoms with Crippen molar-refractivity contribution < 1.29 is 13.5 Å². The third-order valence-electron chi connectivity index (χ3n) is 3.75. The summed E-state index contributed by atoms with van der Waals surface area (Å²) < 4.78 is 27.7. The van der Waals surface area contributed by atoms with Gasteiger partial charge in [-0.2, -0.15) is 0 Å². The first-order valence-electron chi connectivity index (χ1n) is 6.99. The number of rotatable bonds is 5. The van der Waals surface area contributed by atoms with E-state index in [-0.39, 0.29) is 23.0 Å². The number of aliphatic hydroxyl groups is 1. The molecule has 0 heterocycles.